The van der Waals surface area contributed by atoms with Crippen molar-refractivity contribution < 1.29 is 8.81 Å². The molecule has 0 spiro atoms. The number of rotatable bonds is 2. The van der Waals surface area contributed by atoms with Crippen LogP contribution in [0.15, 0.2) is 28.8 Å². The highest BCUT2D eigenvalue weighted by Crippen LogP contribution is 2.25. The lowest BCUT2D eigenvalue weighted by Crippen LogP contribution is -1.83. The van der Waals surface area contributed by atoms with Gasteiger partial charge in [0.2, 0.25) is 5.89 Å². The lowest BCUT2D eigenvalue weighted by Gasteiger charge is -2.01. The predicted molar refractivity (Wildman–Crippen MR) is 56.2 cm³/mol. The van der Waals surface area contributed by atoms with E-state index in [1.807, 2.05) is 6.92 Å². The standard InChI is InChI=1S/C11H9ClFNO/c1-7-4-8(13)2-3-9(7)10-6-14-11(5-12)15-10/h2-4,6H,5H2,1H3. The summed E-state index contributed by atoms with van der Waals surface area (Å²) in [5.41, 5.74) is 1.65. The molecule has 1 aromatic heterocycles. The van der Waals surface area contributed by atoms with Gasteiger partial charge in [0, 0.05) is 5.56 Å². The van der Waals surface area contributed by atoms with Crippen LogP contribution in [0, 0.1) is 12.7 Å². The van der Waals surface area contributed by atoms with Crippen molar-refractivity contribution in [2.24, 2.45) is 0 Å². The lowest BCUT2D eigenvalue weighted by atomic mass is 10.1. The van der Waals surface area contributed by atoms with Gasteiger partial charge in [-0.05, 0) is 30.7 Å². The van der Waals surface area contributed by atoms with E-state index in [-0.39, 0.29) is 11.7 Å². The number of halogens is 2. The molecule has 78 valence electrons. The average molecular weight is 226 g/mol. The van der Waals surface area contributed by atoms with E-state index < -0.39 is 0 Å². The summed E-state index contributed by atoms with van der Waals surface area (Å²) in [6.07, 6.45) is 1.60. The highest BCUT2D eigenvalue weighted by Gasteiger charge is 2.08. The van der Waals surface area contributed by atoms with Crippen LogP contribution in [0.2, 0.25) is 0 Å². The SMILES string of the molecule is Cc1cc(F)ccc1-c1cnc(CCl)o1. The summed E-state index contributed by atoms with van der Waals surface area (Å²) in [5.74, 6) is 1.06. The molecule has 0 fully saturated rings. The maximum Gasteiger partial charge on any atom is 0.209 e. The van der Waals surface area contributed by atoms with Crippen LogP contribution in [-0.2, 0) is 5.88 Å². The molecule has 0 atom stereocenters. The molecule has 0 saturated heterocycles. The van der Waals surface area contributed by atoms with E-state index in [1.165, 1.54) is 12.1 Å². The summed E-state index contributed by atoms with van der Waals surface area (Å²) < 4.78 is 18.2. The van der Waals surface area contributed by atoms with Gasteiger partial charge in [-0.3, -0.25) is 0 Å². The summed E-state index contributed by atoms with van der Waals surface area (Å²) in [6, 6.07) is 4.52. The molecule has 0 unspecified atom stereocenters. The number of benzene rings is 1. The minimum absolute atomic E-state index is 0.236. The predicted octanol–water partition coefficient (Wildman–Crippen LogP) is 3.53. The Bertz CT molecular complexity index is 481. The fourth-order valence-corrected chi connectivity index (χ4v) is 1.52. The van der Waals surface area contributed by atoms with Gasteiger partial charge in [0.25, 0.3) is 0 Å². The van der Waals surface area contributed by atoms with Crippen LogP contribution in [0.25, 0.3) is 11.3 Å². The Hall–Kier alpha value is -1.35. The fraction of sp³-hybridized carbons (Fsp3) is 0.182. The minimum Gasteiger partial charge on any atom is -0.439 e. The molecule has 4 heteroatoms. The Balaban J connectivity index is 2.44. The molecule has 1 heterocycles. The molecule has 2 rings (SSSR count). The molecule has 0 aliphatic rings. The molecule has 0 aliphatic carbocycles. The van der Waals surface area contributed by atoms with Crippen molar-refractivity contribution in [3.63, 3.8) is 0 Å². The average Bonchev–Trinajstić information content (AvgIpc) is 2.66. The van der Waals surface area contributed by atoms with E-state index in [1.54, 1.807) is 12.3 Å². The first-order chi connectivity index (χ1) is 7.20. The largest absolute Gasteiger partial charge is 0.439 e. The van der Waals surface area contributed by atoms with Crippen molar-refractivity contribution in [3.05, 3.63) is 41.7 Å². The molecule has 15 heavy (non-hydrogen) atoms. The number of nitrogens with zero attached hydrogens (tertiary/aromatic N) is 1. The molecule has 0 N–H and O–H groups in total. The van der Waals surface area contributed by atoms with E-state index in [9.17, 15) is 4.39 Å². The van der Waals surface area contributed by atoms with Crippen LogP contribution in [0.4, 0.5) is 4.39 Å². The first kappa shape index (κ1) is 10.2. The molecule has 0 saturated carbocycles. The minimum atomic E-state index is -0.256. The van der Waals surface area contributed by atoms with Crippen molar-refractivity contribution in [3.8, 4) is 11.3 Å². The van der Waals surface area contributed by atoms with Gasteiger partial charge in [0.1, 0.15) is 5.82 Å². The Morgan fingerprint density at radius 2 is 2.27 bits per heavy atom. The molecule has 1 aromatic carbocycles. The van der Waals surface area contributed by atoms with Crippen molar-refractivity contribution in [1.29, 1.82) is 0 Å². The van der Waals surface area contributed by atoms with Crippen LogP contribution in [0.1, 0.15) is 11.5 Å². The number of oxazole rings is 1. The second kappa shape index (κ2) is 4.03. The number of aryl methyl sites for hydroxylation is 1. The molecular formula is C11H9ClFNO. The smallest absolute Gasteiger partial charge is 0.209 e. The molecule has 2 nitrogen and oxygen atoms in total. The van der Waals surface area contributed by atoms with Gasteiger partial charge < -0.3 is 4.42 Å². The molecule has 0 amide bonds. The van der Waals surface area contributed by atoms with Gasteiger partial charge in [-0.25, -0.2) is 9.37 Å². The van der Waals surface area contributed by atoms with Crippen LogP contribution in [-0.4, -0.2) is 4.98 Å². The van der Waals surface area contributed by atoms with Crippen molar-refractivity contribution in [2.75, 3.05) is 0 Å². The monoisotopic (exact) mass is 225 g/mol. The van der Waals surface area contributed by atoms with E-state index >= 15 is 0 Å². The van der Waals surface area contributed by atoms with E-state index in [0.29, 0.717) is 11.7 Å². The zero-order valence-corrected chi connectivity index (χ0v) is 8.88. The number of hydrogen-bond acceptors (Lipinski definition) is 2. The first-order valence-corrected chi connectivity index (χ1v) is 5.01. The summed E-state index contributed by atoms with van der Waals surface area (Å²) in [5, 5.41) is 0. The van der Waals surface area contributed by atoms with E-state index in [4.69, 9.17) is 16.0 Å². The molecule has 2 aromatic rings. The van der Waals surface area contributed by atoms with E-state index in [2.05, 4.69) is 4.98 Å². The maximum absolute atomic E-state index is 12.9. The maximum atomic E-state index is 12.9. The molecule has 0 radical (unpaired) electrons. The second-order valence-corrected chi connectivity index (χ2v) is 3.48. The summed E-state index contributed by atoms with van der Waals surface area (Å²) in [7, 11) is 0. The third-order valence-electron chi connectivity index (χ3n) is 2.12. The van der Waals surface area contributed by atoms with Gasteiger partial charge in [-0.15, -0.1) is 11.6 Å². The number of aromatic nitrogens is 1. The van der Waals surface area contributed by atoms with Gasteiger partial charge >= 0.3 is 0 Å². The lowest BCUT2D eigenvalue weighted by molar-refractivity contribution is 0.528. The van der Waals surface area contributed by atoms with Crippen LogP contribution in [0.5, 0.6) is 0 Å². The van der Waals surface area contributed by atoms with Crippen LogP contribution < -0.4 is 0 Å². The van der Waals surface area contributed by atoms with Gasteiger partial charge in [0.15, 0.2) is 5.76 Å². The summed E-state index contributed by atoms with van der Waals surface area (Å²) in [6.45, 7) is 1.82. The fourth-order valence-electron chi connectivity index (χ4n) is 1.40. The Kier molecular flexibility index (Phi) is 2.73. The first-order valence-electron chi connectivity index (χ1n) is 4.48. The highest BCUT2D eigenvalue weighted by molar-refractivity contribution is 6.16. The summed E-state index contributed by atoms with van der Waals surface area (Å²) >= 11 is 5.58. The van der Waals surface area contributed by atoms with Crippen LogP contribution >= 0.6 is 11.6 Å². The number of hydrogen-bond donors (Lipinski definition) is 0. The zero-order chi connectivity index (χ0) is 10.8. The van der Waals surface area contributed by atoms with Crippen molar-refractivity contribution in [1.82, 2.24) is 4.98 Å². The molecule has 0 bridgehead atoms. The normalized spacial score (nSPS) is 10.6. The highest BCUT2D eigenvalue weighted by atomic mass is 35.5. The number of alkyl halides is 1. The van der Waals surface area contributed by atoms with Crippen molar-refractivity contribution >= 4 is 11.6 Å². The molecular weight excluding hydrogens is 217 g/mol. The van der Waals surface area contributed by atoms with Gasteiger partial charge in [-0.2, -0.15) is 0 Å². The van der Waals surface area contributed by atoms with Gasteiger partial charge in [0.05, 0.1) is 12.1 Å². The van der Waals surface area contributed by atoms with Crippen LogP contribution in [0.3, 0.4) is 0 Å². The van der Waals surface area contributed by atoms with Gasteiger partial charge in [-0.1, -0.05) is 0 Å². The van der Waals surface area contributed by atoms with E-state index in [0.717, 1.165) is 11.1 Å². The Labute approximate surface area is 91.7 Å². The third kappa shape index (κ3) is 2.02. The quantitative estimate of drug-likeness (QED) is 0.731. The zero-order valence-electron chi connectivity index (χ0n) is 8.13. The Morgan fingerprint density at radius 1 is 1.47 bits per heavy atom. The Morgan fingerprint density at radius 3 is 2.87 bits per heavy atom. The third-order valence-corrected chi connectivity index (χ3v) is 2.35. The summed E-state index contributed by atoms with van der Waals surface area (Å²) in [4.78, 5) is 3.98. The second-order valence-electron chi connectivity index (χ2n) is 3.21. The molecule has 0 aliphatic heterocycles. The topological polar surface area (TPSA) is 26.0 Å². The van der Waals surface area contributed by atoms with Crippen molar-refractivity contribution in [2.45, 2.75) is 12.8 Å².